The molecular weight excluding hydrogens is 622 g/mol. The SMILES string of the molecule is CCOC(=O)/C=C/c1ccc(-c2nc(-c3ccc(OCC(=O)O)cc3)c(-c3ccc(/C=C/C(=O)NC4=CC=C(N)C(N)=CC4)cc3)[nH]2)cc1. The molecule has 1 aliphatic carbocycles. The Balaban J connectivity index is 1.38. The molecule has 0 spiro atoms. The Kier molecular flexibility index (Phi) is 10.9. The van der Waals surface area contributed by atoms with Gasteiger partial charge in [0.2, 0.25) is 5.91 Å². The number of hydrogen-bond donors (Lipinski definition) is 5. The van der Waals surface area contributed by atoms with Gasteiger partial charge < -0.3 is 36.3 Å². The number of carbonyl (C=O) groups is 3. The maximum absolute atomic E-state index is 12.6. The molecule has 0 saturated heterocycles. The number of carboxylic acids is 1. The fraction of sp³-hybridized carbons (Fsp3) is 0.105. The number of carbonyl (C=O) groups excluding carboxylic acids is 2. The van der Waals surface area contributed by atoms with Crippen molar-refractivity contribution in [2.75, 3.05) is 13.2 Å². The molecule has 49 heavy (non-hydrogen) atoms. The van der Waals surface area contributed by atoms with E-state index in [1.54, 1.807) is 49.4 Å². The predicted molar refractivity (Wildman–Crippen MR) is 188 cm³/mol. The molecule has 1 amide bonds. The number of esters is 1. The Morgan fingerprint density at radius 3 is 2.14 bits per heavy atom. The minimum absolute atomic E-state index is 0.283. The summed E-state index contributed by atoms with van der Waals surface area (Å²) in [5.74, 6) is -0.705. The normalized spacial score (nSPS) is 13.0. The molecule has 0 bridgehead atoms. The third-order valence-corrected chi connectivity index (χ3v) is 7.33. The average Bonchev–Trinajstić information content (AvgIpc) is 3.49. The van der Waals surface area contributed by atoms with Crippen molar-refractivity contribution in [2.45, 2.75) is 13.3 Å². The molecule has 3 aromatic carbocycles. The lowest BCUT2D eigenvalue weighted by Crippen LogP contribution is -2.19. The Bertz CT molecular complexity index is 1980. The number of aromatic nitrogens is 2. The first-order valence-corrected chi connectivity index (χ1v) is 15.4. The molecule has 1 heterocycles. The second-order valence-electron chi connectivity index (χ2n) is 10.8. The minimum atomic E-state index is -1.06. The zero-order chi connectivity index (χ0) is 34.8. The van der Waals surface area contributed by atoms with E-state index in [0.29, 0.717) is 47.4 Å². The first kappa shape index (κ1) is 33.7. The predicted octanol–water partition coefficient (Wildman–Crippen LogP) is 5.55. The zero-order valence-corrected chi connectivity index (χ0v) is 26.7. The molecule has 0 atom stereocenters. The third kappa shape index (κ3) is 9.23. The average molecular weight is 658 g/mol. The van der Waals surface area contributed by atoms with Crippen molar-refractivity contribution in [3.63, 3.8) is 0 Å². The summed E-state index contributed by atoms with van der Waals surface area (Å²) in [4.78, 5) is 43.6. The number of hydrogen-bond acceptors (Lipinski definition) is 8. The second kappa shape index (κ2) is 15.8. The Morgan fingerprint density at radius 1 is 0.857 bits per heavy atom. The lowest BCUT2D eigenvalue weighted by atomic mass is 10.0. The monoisotopic (exact) mass is 657 g/mol. The number of ether oxygens (including phenoxy) is 2. The summed E-state index contributed by atoms with van der Waals surface area (Å²) >= 11 is 0. The maximum atomic E-state index is 12.6. The Hall–Kier alpha value is -6.62. The molecule has 0 aliphatic heterocycles. The highest BCUT2D eigenvalue weighted by Crippen LogP contribution is 2.34. The van der Waals surface area contributed by atoms with Crippen molar-refractivity contribution in [3.8, 4) is 39.7 Å². The van der Waals surface area contributed by atoms with E-state index in [1.165, 1.54) is 12.2 Å². The molecule has 0 unspecified atom stereocenters. The van der Waals surface area contributed by atoms with Crippen LogP contribution >= 0.6 is 0 Å². The van der Waals surface area contributed by atoms with Crippen LogP contribution in [0.25, 0.3) is 46.1 Å². The van der Waals surface area contributed by atoms with Crippen LogP contribution in [0.5, 0.6) is 5.75 Å². The number of nitrogens with two attached hydrogens (primary N) is 2. The lowest BCUT2D eigenvalue weighted by molar-refractivity contribution is -0.139. The van der Waals surface area contributed by atoms with E-state index in [9.17, 15) is 14.4 Å². The molecule has 0 saturated carbocycles. The largest absolute Gasteiger partial charge is 0.482 e. The van der Waals surface area contributed by atoms with Gasteiger partial charge in [-0.05, 0) is 66.6 Å². The van der Waals surface area contributed by atoms with Gasteiger partial charge in [0.1, 0.15) is 11.6 Å². The van der Waals surface area contributed by atoms with Crippen LogP contribution in [0.2, 0.25) is 0 Å². The van der Waals surface area contributed by atoms with E-state index in [4.69, 9.17) is 31.0 Å². The van der Waals surface area contributed by atoms with Gasteiger partial charge in [0.25, 0.3) is 0 Å². The Labute approximate surface area is 283 Å². The standard InChI is InChI=1S/C38H35N5O6/c1-2-48-35(47)22-8-25-5-11-28(12-6-25)38-42-36(37(43-38)27-13-17-30(18-14-27)49-23-34(45)46)26-9-3-24(4-10-26)7-21-33(44)41-29-15-19-31(39)32(40)20-16-29/h3-15,17-22H,2,16,23,39-40H2,1H3,(H,41,44)(H,42,43)(H,45,46)/b21-7+,22-8+. The van der Waals surface area contributed by atoms with Crippen LogP contribution in [0, 0.1) is 0 Å². The van der Waals surface area contributed by atoms with Crippen LogP contribution in [0.3, 0.4) is 0 Å². The van der Waals surface area contributed by atoms with Crippen molar-refractivity contribution in [3.05, 3.63) is 131 Å². The van der Waals surface area contributed by atoms with E-state index < -0.39 is 18.5 Å². The fourth-order valence-corrected chi connectivity index (χ4v) is 4.81. The summed E-state index contributed by atoms with van der Waals surface area (Å²) in [5.41, 5.74) is 18.8. The Morgan fingerprint density at radius 2 is 1.49 bits per heavy atom. The second-order valence-corrected chi connectivity index (χ2v) is 10.8. The van der Waals surface area contributed by atoms with Crippen LogP contribution in [0.4, 0.5) is 0 Å². The van der Waals surface area contributed by atoms with Crippen molar-refractivity contribution in [1.29, 1.82) is 0 Å². The number of allylic oxidation sites excluding steroid dienone is 3. The lowest BCUT2D eigenvalue weighted by Gasteiger charge is -2.06. The molecule has 11 nitrogen and oxygen atoms in total. The highest BCUT2D eigenvalue weighted by Gasteiger charge is 2.16. The molecule has 5 rings (SSSR count). The third-order valence-electron chi connectivity index (χ3n) is 7.33. The quantitative estimate of drug-likeness (QED) is 0.0963. The first-order chi connectivity index (χ1) is 23.7. The van der Waals surface area contributed by atoms with E-state index in [1.807, 2.05) is 60.7 Å². The number of amides is 1. The number of carboxylic acid groups (broad SMARTS) is 1. The van der Waals surface area contributed by atoms with Crippen LogP contribution in [-0.2, 0) is 19.1 Å². The van der Waals surface area contributed by atoms with Crippen molar-refractivity contribution in [2.24, 2.45) is 11.5 Å². The fourth-order valence-electron chi connectivity index (χ4n) is 4.81. The number of aliphatic carboxylic acids is 1. The number of H-pyrrole nitrogens is 1. The molecular formula is C38H35N5O6. The van der Waals surface area contributed by atoms with Crippen molar-refractivity contribution in [1.82, 2.24) is 15.3 Å². The van der Waals surface area contributed by atoms with Gasteiger partial charge in [0.05, 0.1) is 29.4 Å². The summed E-state index contributed by atoms with van der Waals surface area (Å²) in [6.07, 6.45) is 11.9. The number of nitrogens with zero attached hydrogens (tertiary/aromatic N) is 1. The topological polar surface area (TPSA) is 183 Å². The van der Waals surface area contributed by atoms with Crippen molar-refractivity contribution < 1.29 is 29.0 Å². The molecule has 4 aromatic rings. The number of nitrogens with one attached hydrogen (secondary N) is 2. The number of imidazole rings is 1. The van der Waals surface area contributed by atoms with Gasteiger partial charge in [0, 0.05) is 41.0 Å². The van der Waals surface area contributed by atoms with E-state index in [-0.39, 0.29) is 5.91 Å². The van der Waals surface area contributed by atoms with Gasteiger partial charge in [-0.3, -0.25) is 4.79 Å². The minimum Gasteiger partial charge on any atom is -0.482 e. The maximum Gasteiger partial charge on any atom is 0.341 e. The number of rotatable bonds is 12. The zero-order valence-electron chi connectivity index (χ0n) is 26.7. The first-order valence-electron chi connectivity index (χ1n) is 15.4. The summed E-state index contributed by atoms with van der Waals surface area (Å²) in [6, 6.07) is 22.2. The molecule has 0 radical (unpaired) electrons. The van der Waals surface area contributed by atoms with Crippen LogP contribution < -0.4 is 21.5 Å². The van der Waals surface area contributed by atoms with Gasteiger partial charge in [-0.25, -0.2) is 14.6 Å². The number of benzene rings is 3. The molecule has 1 aliphatic rings. The molecule has 11 heteroatoms. The number of aromatic amines is 1. The van der Waals surface area contributed by atoms with Gasteiger partial charge in [-0.15, -0.1) is 0 Å². The summed E-state index contributed by atoms with van der Waals surface area (Å²) < 4.78 is 10.2. The van der Waals surface area contributed by atoms with Gasteiger partial charge in [-0.2, -0.15) is 0 Å². The van der Waals surface area contributed by atoms with Crippen LogP contribution in [0.15, 0.2) is 120 Å². The van der Waals surface area contributed by atoms with Crippen LogP contribution in [-0.4, -0.2) is 46.1 Å². The summed E-state index contributed by atoms with van der Waals surface area (Å²) in [7, 11) is 0. The van der Waals surface area contributed by atoms with E-state index in [2.05, 4.69) is 10.3 Å². The molecule has 7 N–H and O–H groups in total. The van der Waals surface area contributed by atoms with E-state index in [0.717, 1.165) is 33.5 Å². The molecule has 0 fully saturated rings. The van der Waals surface area contributed by atoms with Gasteiger partial charge in [0.15, 0.2) is 6.61 Å². The molecule has 1 aromatic heterocycles. The smallest absolute Gasteiger partial charge is 0.341 e. The van der Waals surface area contributed by atoms with Gasteiger partial charge in [-0.1, -0.05) is 54.6 Å². The highest BCUT2D eigenvalue weighted by atomic mass is 16.5. The highest BCUT2D eigenvalue weighted by molar-refractivity contribution is 5.93. The summed E-state index contributed by atoms with van der Waals surface area (Å²) in [6.45, 7) is 1.62. The van der Waals surface area contributed by atoms with Crippen molar-refractivity contribution >= 4 is 30.0 Å². The van der Waals surface area contributed by atoms with Gasteiger partial charge >= 0.3 is 11.9 Å². The molecule has 248 valence electrons. The van der Waals surface area contributed by atoms with Crippen LogP contribution in [0.1, 0.15) is 24.5 Å². The summed E-state index contributed by atoms with van der Waals surface area (Å²) in [5, 5.41) is 11.8. The van der Waals surface area contributed by atoms with E-state index >= 15 is 0 Å².